The Kier molecular flexibility index (Phi) is 5.13. The fourth-order valence-electron chi connectivity index (χ4n) is 0.716. The van der Waals surface area contributed by atoms with Crippen molar-refractivity contribution >= 4 is 22.5 Å². The Morgan fingerprint density at radius 2 is 1.92 bits per heavy atom. The van der Waals surface area contributed by atoms with Gasteiger partial charge in [-0.05, 0) is 11.8 Å². The molecule has 0 radical (unpaired) electrons. The SMILES string of the molecule is CC(C)(C)C(Cl)CCN[SH](=O)=O. The van der Waals surface area contributed by atoms with Gasteiger partial charge in [0.05, 0.1) is 0 Å². The van der Waals surface area contributed by atoms with Crippen molar-refractivity contribution in [1.29, 1.82) is 0 Å². The van der Waals surface area contributed by atoms with Gasteiger partial charge in [0, 0.05) is 11.9 Å². The zero-order chi connectivity index (χ0) is 9.78. The molecule has 12 heavy (non-hydrogen) atoms. The van der Waals surface area contributed by atoms with Gasteiger partial charge in [-0.1, -0.05) is 20.8 Å². The van der Waals surface area contributed by atoms with Crippen molar-refractivity contribution in [3.8, 4) is 0 Å². The molecule has 0 spiro atoms. The smallest absolute Gasteiger partial charge is 0.201 e. The van der Waals surface area contributed by atoms with E-state index in [0.717, 1.165) is 0 Å². The second-order valence-corrected chi connectivity index (χ2v) is 5.14. The van der Waals surface area contributed by atoms with Gasteiger partial charge in [-0.3, -0.25) is 0 Å². The zero-order valence-electron chi connectivity index (χ0n) is 7.63. The highest BCUT2D eigenvalue weighted by Gasteiger charge is 2.21. The molecule has 0 aliphatic carbocycles. The Hall–Kier alpha value is 0.200. The van der Waals surface area contributed by atoms with Gasteiger partial charge in [-0.25, -0.2) is 13.1 Å². The summed E-state index contributed by atoms with van der Waals surface area (Å²) in [6.45, 7) is 6.51. The molecule has 0 aromatic rings. The van der Waals surface area contributed by atoms with E-state index in [9.17, 15) is 8.42 Å². The fourth-order valence-corrected chi connectivity index (χ4v) is 1.14. The van der Waals surface area contributed by atoms with E-state index >= 15 is 0 Å². The first-order valence-corrected chi connectivity index (χ1v) is 5.47. The Labute approximate surface area is 80.6 Å². The number of rotatable bonds is 4. The molecule has 0 amide bonds. The summed E-state index contributed by atoms with van der Waals surface area (Å²) in [7, 11) is -2.48. The second kappa shape index (κ2) is 5.04. The van der Waals surface area contributed by atoms with Crippen LogP contribution in [-0.2, 0) is 10.9 Å². The minimum Gasteiger partial charge on any atom is -0.217 e. The standard InChI is InChI=1S/C7H16ClNO2S/c1-7(2,3)6(8)4-5-9-12(10)11/h6,12H,4-5H2,1-3H3,(H,9,10,11). The molecule has 0 aliphatic rings. The minimum atomic E-state index is -2.48. The van der Waals surface area contributed by atoms with Crippen LogP contribution in [0.4, 0.5) is 0 Å². The summed E-state index contributed by atoms with van der Waals surface area (Å²) in [5.41, 5.74) is 0.0256. The third-order valence-electron chi connectivity index (χ3n) is 1.58. The van der Waals surface area contributed by atoms with Gasteiger partial charge in [0.2, 0.25) is 10.9 Å². The summed E-state index contributed by atoms with van der Waals surface area (Å²) in [6.07, 6.45) is 0.661. The van der Waals surface area contributed by atoms with Crippen molar-refractivity contribution in [3.05, 3.63) is 0 Å². The summed E-state index contributed by atoms with van der Waals surface area (Å²) in [4.78, 5) is 0. The van der Waals surface area contributed by atoms with Crippen LogP contribution in [0.3, 0.4) is 0 Å². The number of thiol groups is 1. The predicted molar refractivity (Wildman–Crippen MR) is 52.0 cm³/mol. The third-order valence-corrected chi connectivity index (χ3v) is 2.93. The summed E-state index contributed by atoms with van der Waals surface area (Å²) in [5, 5.41) is -0.0000463. The highest BCUT2D eigenvalue weighted by molar-refractivity contribution is 7.70. The van der Waals surface area contributed by atoms with Crippen LogP contribution in [0.15, 0.2) is 0 Å². The first kappa shape index (κ1) is 12.2. The van der Waals surface area contributed by atoms with E-state index in [0.29, 0.717) is 13.0 Å². The van der Waals surface area contributed by atoms with E-state index in [1.165, 1.54) is 0 Å². The molecule has 0 aromatic carbocycles. The van der Waals surface area contributed by atoms with Crippen molar-refractivity contribution in [2.45, 2.75) is 32.6 Å². The van der Waals surface area contributed by atoms with E-state index in [1.54, 1.807) is 0 Å². The van der Waals surface area contributed by atoms with Crippen molar-refractivity contribution in [3.63, 3.8) is 0 Å². The van der Waals surface area contributed by atoms with Crippen LogP contribution in [0.1, 0.15) is 27.2 Å². The molecule has 0 heterocycles. The van der Waals surface area contributed by atoms with Gasteiger partial charge in [-0.15, -0.1) is 11.6 Å². The van der Waals surface area contributed by atoms with Gasteiger partial charge < -0.3 is 0 Å². The molecule has 1 unspecified atom stereocenters. The van der Waals surface area contributed by atoms with Gasteiger partial charge >= 0.3 is 0 Å². The predicted octanol–water partition coefficient (Wildman–Crippen LogP) is 1.15. The number of hydrogen-bond donors (Lipinski definition) is 2. The zero-order valence-corrected chi connectivity index (χ0v) is 9.28. The van der Waals surface area contributed by atoms with Crippen LogP contribution in [0.25, 0.3) is 0 Å². The fraction of sp³-hybridized carbons (Fsp3) is 1.00. The number of nitrogens with one attached hydrogen (secondary N) is 1. The van der Waals surface area contributed by atoms with E-state index in [1.807, 2.05) is 20.8 Å². The quantitative estimate of drug-likeness (QED) is 0.544. The maximum atomic E-state index is 10.1. The largest absolute Gasteiger partial charge is 0.217 e. The lowest BCUT2D eigenvalue weighted by Gasteiger charge is -2.24. The summed E-state index contributed by atoms with van der Waals surface area (Å²) in [5.74, 6) is 0. The average molecular weight is 214 g/mol. The van der Waals surface area contributed by atoms with Crippen LogP contribution in [0.5, 0.6) is 0 Å². The highest BCUT2D eigenvalue weighted by atomic mass is 35.5. The van der Waals surface area contributed by atoms with Crippen molar-refractivity contribution < 1.29 is 8.42 Å². The van der Waals surface area contributed by atoms with E-state index < -0.39 is 10.9 Å². The molecule has 0 aromatic heterocycles. The maximum Gasteiger partial charge on any atom is 0.201 e. The molecule has 1 atom stereocenters. The van der Waals surface area contributed by atoms with Crippen molar-refractivity contribution in [2.75, 3.05) is 6.54 Å². The number of halogens is 1. The van der Waals surface area contributed by atoms with Gasteiger partial charge in [-0.2, -0.15) is 0 Å². The molecule has 1 N–H and O–H groups in total. The minimum absolute atomic E-state index is 0.0000463. The van der Waals surface area contributed by atoms with Crippen LogP contribution in [-0.4, -0.2) is 20.3 Å². The molecule has 0 saturated heterocycles. The lowest BCUT2D eigenvalue weighted by molar-refractivity contribution is 0.374. The molecule has 74 valence electrons. The van der Waals surface area contributed by atoms with Gasteiger partial charge in [0.15, 0.2) is 0 Å². The molecular weight excluding hydrogens is 198 g/mol. The highest BCUT2D eigenvalue weighted by Crippen LogP contribution is 2.26. The maximum absolute atomic E-state index is 10.1. The molecule has 0 aliphatic heterocycles. The van der Waals surface area contributed by atoms with Gasteiger partial charge in [0.1, 0.15) is 0 Å². The topological polar surface area (TPSA) is 46.2 Å². The van der Waals surface area contributed by atoms with Crippen LogP contribution < -0.4 is 4.72 Å². The lowest BCUT2D eigenvalue weighted by Crippen LogP contribution is -2.25. The Bertz CT molecular complexity index is 190. The Morgan fingerprint density at radius 1 is 1.42 bits per heavy atom. The summed E-state index contributed by atoms with van der Waals surface area (Å²) >= 11 is 6.00. The Morgan fingerprint density at radius 3 is 2.25 bits per heavy atom. The normalized spacial score (nSPS) is 15.1. The van der Waals surface area contributed by atoms with Crippen molar-refractivity contribution in [1.82, 2.24) is 4.72 Å². The molecule has 3 nitrogen and oxygen atoms in total. The summed E-state index contributed by atoms with van der Waals surface area (Å²) < 4.78 is 22.5. The van der Waals surface area contributed by atoms with Crippen LogP contribution >= 0.6 is 11.6 Å². The molecule has 0 rings (SSSR count). The monoisotopic (exact) mass is 213 g/mol. The third kappa shape index (κ3) is 5.80. The van der Waals surface area contributed by atoms with Crippen molar-refractivity contribution in [2.24, 2.45) is 5.41 Å². The average Bonchev–Trinajstić information content (AvgIpc) is 1.84. The molecular formula is C7H16ClNO2S. The van der Waals surface area contributed by atoms with Crippen LogP contribution in [0.2, 0.25) is 0 Å². The van der Waals surface area contributed by atoms with E-state index in [2.05, 4.69) is 4.72 Å². The first-order chi connectivity index (χ1) is 5.34. The molecule has 5 heteroatoms. The first-order valence-electron chi connectivity index (χ1n) is 3.86. The molecule has 0 fully saturated rings. The van der Waals surface area contributed by atoms with Crippen LogP contribution in [0, 0.1) is 5.41 Å². The van der Waals surface area contributed by atoms with E-state index in [4.69, 9.17) is 11.6 Å². The summed E-state index contributed by atoms with van der Waals surface area (Å²) in [6, 6.07) is 0. The Balaban J connectivity index is 3.65. The second-order valence-electron chi connectivity index (χ2n) is 3.79. The lowest BCUT2D eigenvalue weighted by atomic mass is 9.90. The number of hydrogen-bond acceptors (Lipinski definition) is 2. The van der Waals surface area contributed by atoms with E-state index in [-0.39, 0.29) is 10.8 Å². The molecule has 0 saturated carbocycles. The molecule has 0 bridgehead atoms. The van der Waals surface area contributed by atoms with Gasteiger partial charge in [0.25, 0.3) is 0 Å². The number of alkyl halides is 1.